The van der Waals surface area contributed by atoms with E-state index in [1.165, 1.54) is 6.07 Å². The minimum Gasteiger partial charge on any atom is -0.335 e. The number of anilines is 1. The number of aromatic amines is 2. The van der Waals surface area contributed by atoms with E-state index in [-0.39, 0.29) is 11.0 Å². The highest BCUT2D eigenvalue weighted by Gasteiger charge is 2.17. The lowest BCUT2D eigenvalue weighted by atomic mass is 10.1. The van der Waals surface area contributed by atoms with E-state index in [4.69, 9.17) is 4.98 Å². The molecule has 9 nitrogen and oxygen atoms in total. The average molecular weight is 485 g/mol. The van der Waals surface area contributed by atoms with Gasteiger partial charge in [-0.1, -0.05) is 6.92 Å². The summed E-state index contributed by atoms with van der Waals surface area (Å²) in [6.45, 7) is 1.79. The summed E-state index contributed by atoms with van der Waals surface area (Å²) in [7, 11) is 0. The van der Waals surface area contributed by atoms with Crippen LogP contribution in [0.5, 0.6) is 0 Å². The quantitative estimate of drug-likeness (QED) is 0.310. The Hall–Kier alpha value is -4.51. The highest BCUT2D eigenvalue weighted by Crippen LogP contribution is 2.34. The molecule has 6 aromatic rings. The lowest BCUT2D eigenvalue weighted by Gasteiger charge is -2.06. The molecule has 0 fully saturated rings. The largest absolute Gasteiger partial charge is 0.335 e. The molecule has 1 amide bonds. The minimum absolute atomic E-state index is 0.0893. The molecule has 6 aromatic heterocycles. The molecule has 0 saturated carbocycles. The van der Waals surface area contributed by atoms with Crippen LogP contribution in [0.2, 0.25) is 0 Å². The lowest BCUT2D eigenvalue weighted by molar-refractivity contribution is -0.115. The Bertz CT molecular complexity index is 1720. The number of H-pyrrole nitrogens is 2. The van der Waals surface area contributed by atoms with Crippen LogP contribution in [-0.2, 0) is 4.79 Å². The molecule has 6 heterocycles. The standard InChI is InChI=1S/C24H17FN8OS/c1-2-21(34)29-13-5-12(7-26-8-13)16-6-14-17(11-28-16)32-33-23(14)24-30-18-10-27-9-15(22(18)31-24)19-3-4-20(25)35-19/h3-11H,2H2,1H3,(H,29,34)(H,30,31)(H,32,33). The van der Waals surface area contributed by atoms with E-state index in [9.17, 15) is 9.18 Å². The van der Waals surface area contributed by atoms with Crippen molar-refractivity contribution in [2.24, 2.45) is 0 Å². The molecule has 0 atom stereocenters. The second-order valence-electron chi connectivity index (χ2n) is 7.82. The number of halogens is 1. The van der Waals surface area contributed by atoms with Crippen LogP contribution in [0.4, 0.5) is 10.1 Å². The molecule has 172 valence electrons. The van der Waals surface area contributed by atoms with Crippen molar-refractivity contribution >= 4 is 44.9 Å². The summed E-state index contributed by atoms with van der Waals surface area (Å²) in [5.74, 6) is 0.463. The van der Waals surface area contributed by atoms with Gasteiger partial charge in [-0.2, -0.15) is 9.49 Å². The monoisotopic (exact) mass is 484 g/mol. The fourth-order valence-corrected chi connectivity index (χ4v) is 4.58. The summed E-state index contributed by atoms with van der Waals surface area (Å²) >= 11 is 1.05. The van der Waals surface area contributed by atoms with Crippen molar-refractivity contribution in [1.82, 2.24) is 35.1 Å². The van der Waals surface area contributed by atoms with Gasteiger partial charge in [0.2, 0.25) is 5.91 Å². The molecule has 0 radical (unpaired) electrons. The van der Waals surface area contributed by atoms with Crippen molar-refractivity contribution in [3.8, 4) is 33.2 Å². The second-order valence-corrected chi connectivity index (χ2v) is 8.86. The SMILES string of the molecule is CCC(=O)Nc1cncc(-c2cc3c(-c4nc5c(-c6ccc(F)s6)cncc5[nH]4)n[nH]c3cn2)c1. The number of carbonyl (C=O) groups is 1. The van der Waals surface area contributed by atoms with Crippen LogP contribution in [0, 0.1) is 5.13 Å². The van der Waals surface area contributed by atoms with Crippen LogP contribution < -0.4 is 5.32 Å². The third-order valence-electron chi connectivity index (χ3n) is 5.54. The van der Waals surface area contributed by atoms with E-state index in [1.807, 2.05) is 12.1 Å². The number of nitrogens with one attached hydrogen (secondary N) is 3. The average Bonchev–Trinajstić information content (AvgIpc) is 3.61. The van der Waals surface area contributed by atoms with Gasteiger partial charge >= 0.3 is 0 Å². The van der Waals surface area contributed by atoms with Crippen molar-refractivity contribution in [2.45, 2.75) is 13.3 Å². The zero-order chi connectivity index (χ0) is 23.9. The fourth-order valence-electron chi connectivity index (χ4n) is 3.84. The first kappa shape index (κ1) is 21.1. The molecule has 3 N–H and O–H groups in total. The van der Waals surface area contributed by atoms with Gasteiger partial charge in [0, 0.05) is 40.2 Å². The maximum Gasteiger partial charge on any atom is 0.224 e. The Kier molecular flexibility index (Phi) is 5.03. The Balaban J connectivity index is 1.43. The fraction of sp³-hybridized carbons (Fsp3) is 0.0833. The van der Waals surface area contributed by atoms with E-state index in [2.05, 4.69) is 35.5 Å². The number of fused-ring (bicyclic) bond motifs is 2. The van der Waals surface area contributed by atoms with Gasteiger partial charge in [-0.25, -0.2) is 4.98 Å². The van der Waals surface area contributed by atoms with Gasteiger partial charge < -0.3 is 10.3 Å². The van der Waals surface area contributed by atoms with Gasteiger partial charge in [-0.05, 0) is 24.3 Å². The van der Waals surface area contributed by atoms with Crippen LogP contribution in [0.1, 0.15) is 13.3 Å². The molecule has 0 unspecified atom stereocenters. The topological polar surface area (TPSA) is 125 Å². The lowest BCUT2D eigenvalue weighted by Crippen LogP contribution is -2.09. The third-order valence-corrected chi connectivity index (χ3v) is 6.45. The number of amides is 1. The Morgan fingerprint density at radius 2 is 1.97 bits per heavy atom. The van der Waals surface area contributed by atoms with Crippen molar-refractivity contribution in [1.29, 1.82) is 0 Å². The number of pyridine rings is 3. The molecule has 0 saturated heterocycles. The molecule has 35 heavy (non-hydrogen) atoms. The van der Waals surface area contributed by atoms with E-state index >= 15 is 0 Å². The van der Waals surface area contributed by atoms with Gasteiger partial charge in [-0.15, -0.1) is 11.3 Å². The maximum absolute atomic E-state index is 13.6. The number of thiophene rings is 1. The number of hydrogen-bond acceptors (Lipinski definition) is 7. The zero-order valence-electron chi connectivity index (χ0n) is 18.3. The van der Waals surface area contributed by atoms with Crippen LogP contribution in [0.3, 0.4) is 0 Å². The number of nitrogens with zero attached hydrogens (tertiary/aromatic N) is 5. The van der Waals surface area contributed by atoms with Crippen molar-refractivity contribution in [3.63, 3.8) is 0 Å². The van der Waals surface area contributed by atoms with Gasteiger partial charge in [0.05, 0.1) is 41.0 Å². The number of rotatable bonds is 5. The van der Waals surface area contributed by atoms with E-state index in [1.54, 1.807) is 44.0 Å². The van der Waals surface area contributed by atoms with Crippen LogP contribution in [-0.4, -0.2) is 41.0 Å². The first-order valence-corrected chi connectivity index (χ1v) is 11.6. The number of aromatic nitrogens is 7. The van der Waals surface area contributed by atoms with Crippen LogP contribution in [0.15, 0.2) is 55.2 Å². The van der Waals surface area contributed by atoms with Gasteiger partial charge in [0.15, 0.2) is 11.0 Å². The molecular formula is C24H17FN8OS. The summed E-state index contributed by atoms with van der Waals surface area (Å²) < 4.78 is 13.6. The summed E-state index contributed by atoms with van der Waals surface area (Å²) in [5, 5.41) is 10.8. The van der Waals surface area contributed by atoms with Crippen LogP contribution >= 0.6 is 11.3 Å². The van der Waals surface area contributed by atoms with E-state index in [0.717, 1.165) is 43.8 Å². The van der Waals surface area contributed by atoms with E-state index in [0.29, 0.717) is 34.8 Å². The molecule has 0 aliphatic rings. The maximum atomic E-state index is 13.6. The minimum atomic E-state index is -0.265. The number of carbonyl (C=O) groups excluding carboxylic acids is 1. The molecule has 11 heteroatoms. The van der Waals surface area contributed by atoms with Crippen molar-refractivity contribution < 1.29 is 9.18 Å². The zero-order valence-corrected chi connectivity index (χ0v) is 19.2. The number of imidazole rings is 1. The Morgan fingerprint density at radius 3 is 2.80 bits per heavy atom. The van der Waals surface area contributed by atoms with Gasteiger partial charge in [0.25, 0.3) is 0 Å². The highest BCUT2D eigenvalue weighted by atomic mass is 32.1. The summed E-state index contributed by atoms with van der Waals surface area (Å²) in [6, 6.07) is 6.88. The summed E-state index contributed by atoms with van der Waals surface area (Å²) in [5.41, 5.74) is 5.55. The molecular weight excluding hydrogens is 467 g/mol. The third kappa shape index (κ3) is 3.81. The number of hydrogen-bond donors (Lipinski definition) is 3. The first-order valence-electron chi connectivity index (χ1n) is 10.8. The summed E-state index contributed by atoms with van der Waals surface area (Å²) in [6.07, 6.45) is 8.72. The normalized spacial score (nSPS) is 11.4. The molecule has 0 spiro atoms. The second kappa shape index (κ2) is 8.37. The summed E-state index contributed by atoms with van der Waals surface area (Å²) in [4.78, 5) is 33.6. The Labute approximate surface area is 201 Å². The molecule has 0 aliphatic carbocycles. The van der Waals surface area contributed by atoms with Crippen molar-refractivity contribution in [3.05, 3.63) is 60.4 Å². The molecule has 0 aromatic carbocycles. The molecule has 6 rings (SSSR count). The Morgan fingerprint density at radius 1 is 1.09 bits per heavy atom. The van der Waals surface area contributed by atoms with Crippen LogP contribution in [0.25, 0.3) is 55.2 Å². The predicted octanol–water partition coefficient (Wildman–Crippen LogP) is 5.17. The van der Waals surface area contributed by atoms with E-state index < -0.39 is 0 Å². The molecule has 0 bridgehead atoms. The first-order chi connectivity index (χ1) is 17.1. The predicted molar refractivity (Wildman–Crippen MR) is 132 cm³/mol. The molecule has 0 aliphatic heterocycles. The smallest absolute Gasteiger partial charge is 0.224 e. The van der Waals surface area contributed by atoms with Gasteiger partial charge in [-0.3, -0.25) is 24.8 Å². The van der Waals surface area contributed by atoms with Gasteiger partial charge in [0.1, 0.15) is 11.2 Å². The van der Waals surface area contributed by atoms with Crippen molar-refractivity contribution in [2.75, 3.05) is 5.32 Å². The highest BCUT2D eigenvalue weighted by molar-refractivity contribution is 7.14.